The van der Waals surface area contributed by atoms with Crippen LogP contribution in [0.3, 0.4) is 0 Å². The summed E-state index contributed by atoms with van der Waals surface area (Å²) in [7, 11) is 0. The number of rotatable bonds is 4. The number of nitrogens with zero attached hydrogens (tertiary/aromatic N) is 1. The molecular formula is C9H10N2O. The number of aldehydes is 1. The van der Waals surface area contributed by atoms with E-state index in [2.05, 4.69) is 4.98 Å². The zero-order valence-corrected chi connectivity index (χ0v) is 6.60. The van der Waals surface area contributed by atoms with Gasteiger partial charge in [-0.15, -0.1) is 0 Å². The Morgan fingerprint density at radius 3 is 2.92 bits per heavy atom. The molecule has 0 amide bonds. The van der Waals surface area contributed by atoms with Crippen LogP contribution in [0.5, 0.6) is 0 Å². The van der Waals surface area contributed by atoms with Gasteiger partial charge in [-0.2, -0.15) is 0 Å². The van der Waals surface area contributed by atoms with Crippen LogP contribution in [0.1, 0.15) is 18.0 Å². The molecular weight excluding hydrogens is 152 g/mol. The molecule has 0 aliphatic carbocycles. The highest BCUT2D eigenvalue weighted by molar-refractivity contribution is 5.68. The van der Waals surface area contributed by atoms with Crippen LogP contribution in [-0.2, 0) is 4.79 Å². The smallest absolute Gasteiger partial charge is 0.129 e. The molecule has 1 N–H and O–H groups in total. The fourth-order valence-electron chi connectivity index (χ4n) is 0.968. The first-order chi connectivity index (χ1) is 5.88. The third-order valence-electron chi connectivity index (χ3n) is 1.60. The van der Waals surface area contributed by atoms with Crippen LogP contribution in [0.2, 0.25) is 0 Å². The van der Waals surface area contributed by atoms with E-state index < -0.39 is 0 Å². The third-order valence-corrected chi connectivity index (χ3v) is 1.60. The second-order valence-corrected chi connectivity index (χ2v) is 2.44. The molecule has 1 unspecified atom stereocenters. The van der Waals surface area contributed by atoms with Crippen LogP contribution in [0.4, 0.5) is 0 Å². The zero-order valence-electron chi connectivity index (χ0n) is 6.60. The van der Waals surface area contributed by atoms with Gasteiger partial charge in [-0.1, -0.05) is 6.07 Å². The number of hydrogen-bond acceptors (Lipinski definition) is 3. The Kier molecular flexibility index (Phi) is 3.14. The standard InChI is InChI=1S/C9H10N2O/c10-5-4-8(7-12)9-3-1-2-6-11-9/h1-3,5-8,10H,4H2. The maximum absolute atomic E-state index is 10.6. The highest BCUT2D eigenvalue weighted by Crippen LogP contribution is 2.12. The van der Waals surface area contributed by atoms with E-state index in [1.807, 2.05) is 6.07 Å². The van der Waals surface area contributed by atoms with Gasteiger partial charge in [0.1, 0.15) is 6.29 Å². The fraction of sp³-hybridized carbons (Fsp3) is 0.222. The molecule has 0 saturated carbocycles. The Bertz CT molecular complexity index is 258. The monoisotopic (exact) mass is 162 g/mol. The molecule has 0 spiro atoms. The highest BCUT2D eigenvalue weighted by Gasteiger charge is 2.08. The second-order valence-electron chi connectivity index (χ2n) is 2.44. The molecule has 1 atom stereocenters. The SMILES string of the molecule is N=CCC(C=O)c1ccccn1. The molecule has 0 radical (unpaired) electrons. The van der Waals surface area contributed by atoms with E-state index in [0.29, 0.717) is 6.42 Å². The van der Waals surface area contributed by atoms with Crippen molar-refractivity contribution in [2.24, 2.45) is 0 Å². The molecule has 0 aliphatic heterocycles. The average molecular weight is 162 g/mol. The van der Waals surface area contributed by atoms with Crippen molar-refractivity contribution in [3.05, 3.63) is 30.1 Å². The number of nitrogens with one attached hydrogen (secondary N) is 1. The van der Waals surface area contributed by atoms with Crippen molar-refractivity contribution in [1.82, 2.24) is 4.98 Å². The van der Waals surface area contributed by atoms with Crippen molar-refractivity contribution >= 4 is 12.5 Å². The molecule has 1 heterocycles. The topological polar surface area (TPSA) is 53.8 Å². The number of aromatic nitrogens is 1. The van der Waals surface area contributed by atoms with Crippen molar-refractivity contribution < 1.29 is 4.79 Å². The third kappa shape index (κ3) is 1.99. The lowest BCUT2D eigenvalue weighted by Crippen LogP contribution is -2.02. The van der Waals surface area contributed by atoms with Crippen LogP contribution in [0.15, 0.2) is 24.4 Å². The Labute approximate surface area is 71.0 Å². The average Bonchev–Trinajstić information content (AvgIpc) is 2.15. The molecule has 0 bridgehead atoms. The first kappa shape index (κ1) is 8.59. The summed E-state index contributed by atoms with van der Waals surface area (Å²) in [5, 5.41) is 6.87. The summed E-state index contributed by atoms with van der Waals surface area (Å²) in [6, 6.07) is 5.43. The summed E-state index contributed by atoms with van der Waals surface area (Å²) in [4.78, 5) is 14.6. The molecule has 62 valence electrons. The Balaban J connectivity index is 2.79. The van der Waals surface area contributed by atoms with Crippen molar-refractivity contribution in [3.8, 4) is 0 Å². The van der Waals surface area contributed by atoms with Gasteiger partial charge in [-0.3, -0.25) is 4.98 Å². The summed E-state index contributed by atoms with van der Waals surface area (Å²) >= 11 is 0. The lowest BCUT2D eigenvalue weighted by molar-refractivity contribution is -0.109. The number of carbonyl (C=O) groups excluding carboxylic acids is 1. The van der Waals surface area contributed by atoms with E-state index in [9.17, 15) is 4.79 Å². The van der Waals surface area contributed by atoms with Crippen molar-refractivity contribution in [3.63, 3.8) is 0 Å². The van der Waals surface area contributed by atoms with Gasteiger partial charge < -0.3 is 10.2 Å². The maximum atomic E-state index is 10.6. The van der Waals surface area contributed by atoms with Gasteiger partial charge >= 0.3 is 0 Å². The molecule has 0 aromatic carbocycles. The summed E-state index contributed by atoms with van der Waals surface area (Å²) in [6.07, 6.45) is 4.14. The zero-order chi connectivity index (χ0) is 8.81. The molecule has 1 aromatic heterocycles. The van der Waals surface area contributed by atoms with Crippen LogP contribution < -0.4 is 0 Å². The number of hydrogen-bond donors (Lipinski definition) is 1. The van der Waals surface area contributed by atoms with E-state index in [4.69, 9.17) is 5.41 Å². The van der Waals surface area contributed by atoms with E-state index in [1.165, 1.54) is 6.21 Å². The van der Waals surface area contributed by atoms with Crippen molar-refractivity contribution in [2.75, 3.05) is 0 Å². The Morgan fingerprint density at radius 2 is 2.42 bits per heavy atom. The van der Waals surface area contributed by atoms with E-state index in [1.54, 1.807) is 18.3 Å². The summed E-state index contributed by atoms with van der Waals surface area (Å²) in [5.74, 6) is -0.260. The minimum absolute atomic E-state index is 0.260. The lowest BCUT2D eigenvalue weighted by atomic mass is 10.0. The van der Waals surface area contributed by atoms with Crippen molar-refractivity contribution in [2.45, 2.75) is 12.3 Å². The molecule has 1 rings (SSSR count). The highest BCUT2D eigenvalue weighted by atomic mass is 16.1. The molecule has 3 heteroatoms. The van der Waals surface area contributed by atoms with Crippen LogP contribution in [0.25, 0.3) is 0 Å². The Morgan fingerprint density at radius 1 is 1.58 bits per heavy atom. The van der Waals surface area contributed by atoms with Gasteiger partial charge in [-0.25, -0.2) is 0 Å². The van der Waals surface area contributed by atoms with Gasteiger partial charge in [0.25, 0.3) is 0 Å². The molecule has 3 nitrogen and oxygen atoms in total. The van der Waals surface area contributed by atoms with Gasteiger partial charge in [0.2, 0.25) is 0 Å². The minimum Gasteiger partial charge on any atom is -0.313 e. The second kappa shape index (κ2) is 4.38. The van der Waals surface area contributed by atoms with Crippen molar-refractivity contribution in [1.29, 1.82) is 5.41 Å². The summed E-state index contributed by atoms with van der Waals surface area (Å²) < 4.78 is 0. The predicted octanol–water partition coefficient (Wildman–Crippen LogP) is 1.40. The first-order valence-corrected chi connectivity index (χ1v) is 3.73. The van der Waals surface area contributed by atoms with E-state index in [0.717, 1.165) is 12.0 Å². The molecule has 0 fully saturated rings. The molecule has 0 saturated heterocycles. The van der Waals surface area contributed by atoms with Gasteiger partial charge in [-0.05, 0) is 24.8 Å². The van der Waals surface area contributed by atoms with Crippen LogP contribution >= 0.6 is 0 Å². The summed E-state index contributed by atoms with van der Waals surface area (Å²) in [6.45, 7) is 0. The van der Waals surface area contributed by atoms with E-state index >= 15 is 0 Å². The molecule has 1 aromatic rings. The van der Waals surface area contributed by atoms with Gasteiger partial charge in [0.15, 0.2) is 0 Å². The largest absolute Gasteiger partial charge is 0.313 e. The predicted molar refractivity (Wildman–Crippen MR) is 46.4 cm³/mol. The van der Waals surface area contributed by atoms with E-state index in [-0.39, 0.29) is 5.92 Å². The molecule has 12 heavy (non-hydrogen) atoms. The Hall–Kier alpha value is -1.51. The normalized spacial score (nSPS) is 12.0. The van der Waals surface area contributed by atoms with Crippen LogP contribution in [0, 0.1) is 5.41 Å². The number of pyridine rings is 1. The minimum atomic E-state index is -0.260. The molecule has 0 aliphatic rings. The quantitative estimate of drug-likeness (QED) is 0.537. The number of carbonyl (C=O) groups is 1. The maximum Gasteiger partial charge on any atom is 0.129 e. The van der Waals surface area contributed by atoms with Gasteiger partial charge in [0.05, 0.1) is 11.6 Å². The summed E-state index contributed by atoms with van der Waals surface area (Å²) in [5.41, 5.74) is 0.732. The van der Waals surface area contributed by atoms with Crippen LogP contribution in [-0.4, -0.2) is 17.5 Å². The van der Waals surface area contributed by atoms with Gasteiger partial charge in [0, 0.05) is 6.20 Å². The first-order valence-electron chi connectivity index (χ1n) is 3.73. The lowest BCUT2D eigenvalue weighted by Gasteiger charge is -2.04. The fourth-order valence-corrected chi connectivity index (χ4v) is 0.968.